The highest BCUT2D eigenvalue weighted by Gasteiger charge is 2.34. The minimum Gasteiger partial charge on any atom is -0.493 e. The molecule has 1 aromatic carbocycles. The van der Waals surface area contributed by atoms with Gasteiger partial charge in [0, 0.05) is 25.0 Å². The Hall–Kier alpha value is -1.18. The first-order valence-corrected chi connectivity index (χ1v) is 9.24. The maximum absolute atomic E-state index is 5.53. The standard InChI is InChI=1S/C20H33N3O2.HI/c1-15(2)23-19(21-3)22-14-20(11-7-6-8-12-20)16-9-10-17(24-4)18(13-16)25-5;/h9-10,13,15H,6-8,11-12,14H2,1-5H3,(H2,21,22,23);1H. The third-order valence-electron chi connectivity index (χ3n) is 5.05. The Morgan fingerprint density at radius 1 is 1.12 bits per heavy atom. The van der Waals surface area contributed by atoms with E-state index in [1.54, 1.807) is 14.2 Å². The number of guanidine groups is 1. The second-order valence-corrected chi connectivity index (χ2v) is 7.14. The number of nitrogens with one attached hydrogen (secondary N) is 2. The summed E-state index contributed by atoms with van der Waals surface area (Å²) >= 11 is 0. The van der Waals surface area contributed by atoms with Crippen LogP contribution in [0.5, 0.6) is 11.5 Å². The molecule has 0 radical (unpaired) electrons. The molecule has 0 bridgehead atoms. The number of hydrogen-bond donors (Lipinski definition) is 2. The van der Waals surface area contributed by atoms with E-state index < -0.39 is 0 Å². The van der Waals surface area contributed by atoms with Crippen molar-refractivity contribution in [1.82, 2.24) is 10.6 Å². The van der Waals surface area contributed by atoms with Gasteiger partial charge in [-0.25, -0.2) is 0 Å². The highest BCUT2D eigenvalue weighted by atomic mass is 127. The van der Waals surface area contributed by atoms with Gasteiger partial charge in [-0.15, -0.1) is 24.0 Å². The molecule has 1 fully saturated rings. The van der Waals surface area contributed by atoms with E-state index >= 15 is 0 Å². The first-order chi connectivity index (χ1) is 12.0. The number of methoxy groups -OCH3 is 2. The minimum atomic E-state index is 0. The lowest BCUT2D eigenvalue weighted by atomic mass is 9.69. The first kappa shape index (κ1) is 22.9. The highest BCUT2D eigenvalue weighted by molar-refractivity contribution is 14.0. The fourth-order valence-electron chi connectivity index (χ4n) is 3.68. The van der Waals surface area contributed by atoms with Crippen LogP contribution in [0.1, 0.15) is 51.5 Å². The van der Waals surface area contributed by atoms with Gasteiger partial charge in [0.05, 0.1) is 14.2 Å². The van der Waals surface area contributed by atoms with Gasteiger partial charge in [-0.3, -0.25) is 4.99 Å². The lowest BCUT2D eigenvalue weighted by molar-refractivity contribution is 0.288. The molecule has 1 saturated carbocycles. The second kappa shape index (κ2) is 10.8. The highest BCUT2D eigenvalue weighted by Crippen LogP contribution is 2.42. The van der Waals surface area contributed by atoms with Gasteiger partial charge >= 0.3 is 0 Å². The number of aliphatic imine (C=N–C) groups is 1. The maximum Gasteiger partial charge on any atom is 0.191 e. The van der Waals surface area contributed by atoms with E-state index in [9.17, 15) is 0 Å². The molecule has 148 valence electrons. The van der Waals surface area contributed by atoms with Crippen molar-refractivity contribution in [2.75, 3.05) is 27.8 Å². The summed E-state index contributed by atoms with van der Waals surface area (Å²) < 4.78 is 10.9. The van der Waals surface area contributed by atoms with E-state index in [0.717, 1.165) is 24.0 Å². The maximum atomic E-state index is 5.53. The van der Waals surface area contributed by atoms with Crippen LogP contribution >= 0.6 is 24.0 Å². The van der Waals surface area contributed by atoms with Crippen LogP contribution in [0.4, 0.5) is 0 Å². The number of hydrogen-bond acceptors (Lipinski definition) is 3. The molecule has 0 atom stereocenters. The van der Waals surface area contributed by atoms with Gasteiger partial charge in [0.25, 0.3) is 0 Å². The molecule has 2 rings (SSSR count). The van der Waals surface area contributed by atoms with Crippen LogP contribution in [0.15, 0.2) is 23.2 Å². The van der Waals surface area contributed by atoms with E-state index in [-0.39, 0.29) is 29.4 Å². The molecule has 0 saturated heterocycles. The molecule has 6 heteroatoms. The lowest BCUT2D eigenvalue weighted by Gasteiger charge is -2.39. The summed E-state index contributed by atoms with van der Waals surface area (Å²) in [5.74, 6) is 2.44. The Morgan fingerprint density at radius 3 is 2.31 bits per heavy atom. The summed E-state index contributed by atoms with van der Waals surface area (Å²) in [6, 6.07) is 6.71. The van der Waals surface area contributed by atoms with E-state index in [2.05, 4.69) is 41.6 Å². The van der Waals surface area contributed by atoms with Crippen molar-refractivity contribution < 1.29 is 9.47 Å². The quantitative estimate of drug-likeness (QED) is 0.370. The van der Waals surface area contributed by atoms with Gasteiger partial charge in [-0.1, -0.05) is 25.3 Å². The Balaban J connectivity index is 0.00000338. The molecule has 0 spiro atoms. The van der Waals surface area contributed by atoms with E-state index in [1.165, 1.54) is 37.7 Å². The third-order valence-corrected chi connectivity index (χ3v) is 5.05. The molecule has 5 nitrogen and oxygen atoms in total. The van der Waals surface area contributed by atoms with Gasteiger partial charge in [-0.05, 0) is 44.4 Å². The number of rotatable bonds is 6. The van der Waals surface area contributed by atoms with Crippen LogP contribution in [0.3, 0.4) is 0 Å². The van der Waals surface area contributed by atoms with Crippen molar-refractivity contribution in [2.45, 2.75) is 57.4 Å². The normalized spacial score (nSPS) is 16.6. The largest absolute Gasteiger partial charge is 0.493 e. The van der Waals surface area contributed by atoms with Crippen LogP contribution < -0.4 is 20.1 Å². The number of ether oxygens (including phenoxy) is 2. The number of halogens is 1. The van der Waals surface area contributed by atoms with Crippen molar-refractivity contribution >= 4 is 29.9 Å². The number of nitrogens with zero attached hydrogens (tertiary/aromatic N) is 1. The molecule has 0 heterocycles. The topological polar surface area (TPSA) is 54.9 Å². The Labute approximate surface area is 175 Å². The Bertz CT molecular complexity index is 584. The van der Waals surface area contributed by atoms with Gasteiger partial charge in [0.1, 0.15) is 0 Å². The molecule has 0 aliphatic heterocycles. The third kappa shape index (κ3) is 5.66. The van der Waals surface area contributed by atoms with Crippen LogP contribution in [-0.4, -0.2) is 39.8 Å². The average molecular weight is 475 g/mol. The molecular weight excluding hydrogens is 441 g/mol. The monoisotopic (exact) mass is 475 g/mol. The van der Waals surface area contributed by atoms with E-state index in [1.807, 2.05) is 13.1 Å². The zero-order valence-corrected chi connectivity index (χ0v) is 19.1. The molecule has 2 N–H and O–H groups in total. The molecular formula is C20H34IN3O2. The van der Waals surface area contributed by atoms with E-state index in [4.69, 9.17) is 9.47 Å². The van der Waals surface area contributed by atoms with Crippen molar-refractivity contribution in [1.29, 1.82) is 0 Å². The van der Waals surface area contributed by atoms with Gasteiger partial charge in [0.15, 0.2) is 17.5 Å². The predicted molar refractivity (Wildman–Crippen MR) is 119 cm³/mol. The molecule has 1 aliphatic rings. The summed E-state index contributed by atoms with van der Waals surface area (Å²) in [4.78, 5) is 4.35. The summed E-state index contributed by atoms with van der Waals surface area (Å²) in [5.41, 5.74) is 1.42. The van der Waals surface area contributed by atoms with Crippen LogP contribution in [0, 0.1) is 0 Å². The fourth-order valence-corrected chi connectivity index (χ4v) is 3.68. The van der Waals surface area contributed by atoms with Crippen LogP contribution in [0.2, 0.25) is 0 Å². The molecule has 0 unspecified atom stereocenters. The molecule has 26 heavy (non-hydrogen) atoms. The van der Waals surface area contributed by atoms with Gasteiger partial charge in [0.2, 0.25) is 0 Å². The summed E-state index contributed by atoms with van der Waals surface area (Å²) in [5, 5.41) is 6.92. The predicted octanol–water partition coefficient (Wildman–Crippen LogP) is 4.10. The Kier molecular flexibility index (Phi) is 9.54. The Morgan fingerprint density at radius 2 is 1.77 bits per heavy atom. The van der Waals surface area contributed by atoms with Crippen molar-refractivity contribution in [3.8, 4) is 11.5 Å². The SMILES string of the molecule is CN=C(NCC1(c2ccc(OC)c(OC)c2)CCCCC1)NC(C)C.I. The smallest absolute Gasteiger partial charge is 0.191 e. The second-order valence-electron chi connectivity index (χ2n) is 7.14. The zero-order chi connectivity index (χ0) is 18.3. The first-order valence-electron chi connectivity index (χ1n) is 9.24. The molecule has 1 aliphatic carbocycles. The average Bonchev–Trinajstić information content (AvgIpc) is 2.64. The fraction of sp³-hybridized carbons (Fsp3) is 0.650. The summed E-state index contributed by atoms with van der Waals surface area (Å²) in [6.45, 7) is 5.12. The zero-order valence-electron chi connectivity index (χ0n) is 16.7. The summed E-state index contributed by atoms with van der Waals surface area (Å²) in [7, 11) is 5.19. The molecule has 0 amide bonds. The van der Waals surface area contributed by atoms with Crippen LogP contribution in [0.25, 0.3) is 0 Å². The van der Waals surface area contributed by atoms with Crippen molar-refractivity contribution in [3.63, 3.8) is 0 Å². The van der Waals surface area contributed by atoms with Crippen molar-refractivity contribution in [2.24, 2.45) is 4.99 Å². The van der Waals surface area contributed by atoms with Crippen LogP contribution in [-0.2, 0) is 5.41 Å². The lowest BCUT2D eigenvalue weighted by Crippen LogP contribution is -2.48. The van der Waals surface area contributed by atoms with Gasteiger partial charge < -0.3 is 20.1 Å². The van der Waals surface area contributed by atoms with E-state index in [0.29, 0.717) is 6.04 Å². The summed E-state index contributed by atoms with van der Waals surface area (Å²) in [6.07, 6.45) is 6.18. The minimum absolute atomic E-state index is 0. The molecule has 0 aromatic heterocycles. The molecule has 1 aromatic rings. The van der Waals surface area contributed by atoms with Gasteiger partial charge in [-0.2, -0.15) is 0 Å². The number of benzene rings is 1. The van der Waals surface area contributed by atoms with Crippen molar-refractivity contribution in [3.05, 3.63) is 23.8 Å².